The summed E-state index contributed by atoms with van der Waals surface area (Å²) in [6.07, 6.45) is 0. The third kappa shape index (κ3) is 3.57. The summed E-state index contributed by atoms with van der Waals surface area (Å²) < 4.78 is 10.3. The van der Waals surface area contributed by atoms with Crippen molar-refractivity contribution >= 4 is 0 Å². The lowest BCUT2D eigenvalue weighted by Gasteiger charge is -2.05. The molecule has 0 fully saturated rings. The largest absolute Gasteiger partial charge is 0.382 e. The van der Waals surface area contributed by atoms with E-state index in [1.807, 2.05) is 12.1 Å². The second-order valence-corrected chi connectivity index (χ2v) is 2.97. The van der Waals surface area contributed by atoms with Crippen LogP contribution in [0.15, 0.2) is 24.3 Å². The molecule has 0 aliphatic rings. The van der Waals surface area contributed by atoms with Gasteiger partial charge in [0.1, 0.15) is 0 Å². The molecule has 1 rings (SSSR count). The van der Waals surface area contributed by atoms with Crippen LogP contribution >= 0.6 is 0 Å². The molecule has 0 bridgehead atoms. The number of rotatable bonds is 5. The van der Waals surface area contributed by atoms with Gasteiger partial charge in [0.05, 0.1) is 19.8 Å². The summed E-state index contributed by atoms with van der Waals surface area (Å²) in [5.41, 5.74) is 2.53. The van der Waals surface area contributed by atoms with Crippen molar-refractivity contribution in [2.45, 2.75) is 13.5 Å². The highest BCUT2D eigenvalue weighted by atomic mass is 16.5. The third-order valence-corrected chi connectivity index (χ3v) is 1.95. The maximum absolute atomic E-state index is 5.42. The smallest absolute Gasteiger partial charge is 0.0720 e. The normalized spacial score (nSPS) is 10.3. The first-order chi connectivity index (χ1) is 6.34. The summed E-state index contributed by atoms with van der Waals surface area (Å²) in [5, 5.41) is 0. The molecule has 1 aromatic rings. The van der Waals surface area contributed by atoms with Crippen LogP contribution in [0, 0.1) is 6.92 Å². The molecule has 2 heteroatoms. The summed E-state index contributed by atoms with van der Waals surface area (Å²) in [6, 6.07) is 8.24. The molecule has 2 nitrogen and oxygen atoms in total. The van der Waals surface area contributed by atoms with Gasteiger partial charge in [-0.25, -0.2) is 0 Å². The van der Waals surface area contributed by atoms with Crippen LogP contribution in [0.4, 0.5) is 0 Å². The minimum absolute atomic E-state index is 0.658. The number of hydrogen-bond acceptors (Lipinski definition) is 2. The Morgan fingerprint density at radius 1 is 1.15 bits per heavy atom. The van der Waals surface area contributed by atoms with E-state index in [-0.39, 0.29) is 0 Å². The molecule has 0 spiro atoms. The number of aryl methyl sites for hydroxylation is 1. The molecule has 1 aromatic carbocycles. The molecule has 0 aliphatic carbocycles. The summed E-state index contributed by atoms with van der Waals surface area (Å²) in [7, 11) is 1.68. The van der Waals surface area contributed by atoms with E-state index in [1.165, 1.54) is 11.1 Å². The van der Waals surface area contributed by atoms with E-state index >= 15 is 0 Å². The molecule has 72 valence electrons. The van der Waals surface area contributed by atoms with Crippen molar-refractivity contribution < 1.29 is 9.47 Å². The summed E-state index contributed by atoms with van der Waals surface area (Å²) in [6.45, 7) is 4.09. The average molecular weight is 180 g/mol. The predicted molar refractivity (Wildman–Crippen MR) is 52.7 cm³/mol. The minimum Gasteiger partial charge on any atom is -0.382 e. The van der Waals surface area contributed by atoms with Crippen LogP contribution < -0.4 is 0 Å². The number of ether oxygens (including phenoxy) is 2. The minimum atomic E-state index is 0.658. The van der Waals surface area contributed by atoms with Crippen molar-refractivity contribution in [3.05, 3.63) is 35.4 Å². The molecule has 0 amide bonds. The first kappa shape index (κ1) is 10.2. The van der Waals surface area contributed by atoms with Crippen molar-refractivity contribution in [2.75, 3.05) is 20.3 Å². The van der Waals surface area contributed by atoms with Crippen molar-refractivity contribution in [1.82, 2.24) is 0 Å². The molecule has 0 aliphatic heterocycles. The molecule has 0 atom stereocenters. The molecule has 0 heterocycles. The van der Waals surface area contributed by atoms with Crippen LogP contribution in [0.3, 0.4) is 0 Å². The maximum atomic E-state index is 5.42. The lowest BCUT2D eigenvalue weighted by molar-refractivity contribution is 0.0614. The monoisotopic (exact) mass is 180 g/mol. The summed E-state index contributed by atoms with van der Waals surface area (Å²) in [5.74, 6) is 0. The summed E-state index contributed by atoms with van der Waals surface area (Å²) in [4.78, 5) is 0. The standard InChI is InChI=1S/C11H16O2/c1-10-5-3-4-6-11(10)9-13-8-7-12-2/h3-6H,7-9H2,1-2H3. The van der Waals surface area contributed by atoms with Crippen molar-refractivity contribution in [3.63, 3.8) is 0 Å². The molecular weight excluding hydrogens is 164 g/mol. The maximum Gasteiger partial charge on any atom is 0.0720 e. The molecule has 0 unspecified atom stereocenters. The third-order valence-electron chi connectivity index (χ3n) is 1.95. The van der Waals surface area contributed by atoms with E-state index in [4.69, 9.17) is 9.47 Å². The van der Waals surface area contributed by atoms with Gasteiger partial charge in [-0.05, 0) is 18.1 Å². The topological polar surface area (TPSA) is 18.5 Å². The zero-order chi connectivity index (χ0) is 9.52. The first-order valence-corrected chi connectivity index (χ1v) is 4.46. The van der Waals surface area contributed by atoms with Gasteiger partial charge < -0.3 is 9.47 Å². The van der Waals surface area contributed by atoms with Crippen LogP contribution in [0.5, 0.6) is 0 Å². The van der Waals surface area contributed by atoms with E-state index < -0.39 is 0 Å². The Hall–Kier alpha value is -0.860. The van der Waals surface area contributed by atoms with Gasteiger partial charge in [0.15, 0.2) is 0 Å². The Balaban J connectivity index is 2.32. The highest BCUT2D eigenvalue weighted by Gasteiger charge is 1.95. The Morgan fingerprint density at radius 3 is 2.62 bits per heavy atom. The van der Waals surface area contributed by atoms with Gasteiger partial charge in [-0.2, -0.15) is 0 Å². The molecule has 0 saturated carbocycles. The highest BCUT2D eigenvalue weighted by molar-refractivity contribution is 5.24. The van der Waals surface area contributed by atoms with E-state index in [0.29, 0.717) is 19.8 Å². The zero-order valence-electron chi connectivity index (χ0n) is 8.25. The van der Waals surface area contributed by atoms with Crippen LogP contribution in [-0.2, 0) is 16.1 Å². The van der Waals surface area contributed by atoms with Gasteiger partial charge in [-0.15, -0.1) is 0 Å². The van der Waals surface area contributed by atoms with Gasteiger partial charge in [0.2, 0.25) is 0 Å². The van der Waals surface area contributed by atoms with Crippen LogP contribution in [0.25, 0.3) is 0 Å². The molecule has 0 aromatic heterocycles. The molecule has 0 radical (unpaired) electrons. The van der Waals surface area contributed by atoms with Crippen LogP contribution in [0.2, 0.25) is 0 Å². The van der Waals surface area contributed by atoms with Gasteiger partial charge >= 0.3 is 0 Å². The fraction of sp³-hybridized carbons (Fsp3) is 0.455. The number of benzene rings is 1. The Bertz CT molecular complexity index is 246. The van der Waals surface area contributed by atoms with E-state index in [0.717, 1.165) is 0 Å². The average Bonchev–Trinajstić information content (AvgIpc) is 2.15. The number of hydrogen-bond donors (Lipinski definition) is 0. The van der Waals surface area contributed by atoms with E-state index in [2.05, 4.69) is 19.1 Å². The number of methoxy groups -OCH3 is 1. The Kier molecular flexibility index (Phi) is 4.50. The second-order valence-electron chi connectivity index (χ2n) is 2.97. The quantitative estimate of drug-likeness (QED) is 0.646. The SMILES string of the molecule is COCCOCc1ccccc1C. The molecule has 13 heavy (non-hydrogen) atoms. The Labute approximate surface area is 79.5 Å². The first-order valence-electron chi connectivity index (χ1n) is 4.46. The van der Waals surface area contributed by atoms with Crippen LogP contribution in [0.1, 0.15) is 11.1 Å². The predicted octanol–water partition coefficient (Wildman–Crippen LogP) is 2.16. The lowest BCUT2D eigenvalue weighted by atomic mass is 10.1. The Morgan fingerprint density at radius 2 is 1.92 bits per heavy atom. The van der Waals surface area contributed by atoms with E-state index in [9.17, 15) is 0 Å². The van der Waals surface area contributed by atoms with Crippen molar-refractivity contribution in [3.8, 4) is 0 Å². The van der Waals surface area contributed by atoms with Crippen LogP contribution in [-0.4, -0.2) is 20.3 Å². The van der Waals surface area contributed by atoms with Gasteiger partial charge in [0, 0.05) is 7.11 Å². The fourth-order valence-electron chi connectivity index (χ4n) is 1.10. The zero-order valence-corrected chi connectivity index (χ0v) is 8.25. The highest BCUT2D eigenvalue weighted by Crippen LogP contribution is 2.07. The summed E-state index contributed by atoms with van der Waals surface area (Å²) >= 11 is 0. The van der Waals surface area contributed by atoms with E-state index in [1.54, 1.807) is 7.11 Å². The van der Waals surface area contributed by atoms with Crippen molar-refractivity contribution in [2.24, 2.45) is 0 Å². The van der Waals surface area contributed by atoms with Gasteiger partial charge in [-0.1, -0.05) is 24.3 Å². The van der Waals surface area contributed by atoms with Gasteiger partial charge in [-0.3, -0.25) is 0 Å². The lowest BCUT2D eigenvalue weighted by Crippen LogP contribution is -2.02. The van der Waals surface area contributed by atoms with Gasteiger partial charge in [0.25, 0.3) is 0 Å². The molecular formula is C11H16O2. The fourth-order valence-corrected chi connectivity index (χ4v) is 1.10. The molecule has 0 saturated heterocycles. The second kappa shape index (κ2) is 5.73. The van der Waals surface area contributed by atoms with Crippen molar-refractivity contribution in [1.29, 1.82) is 0 Å². The molecule has 0 N–H and O–H groups in total.